The summed E-state index contributed by atoms with van der Waals surface area (Å²) >= 11 is 0. The molecule has 1 amide bonds. The van der Waals surface area contributed by atoms with Gasteiger partial charge in [-0.05, 0) is 45.2 Å². The standard InChI is InChI=1S/C17H26N2O2/c1-4-15-16(11-10-12(2)18-15)21-13(3)17(20)19-14-8-6-5-7-9-14/h5-9,12-13,15-16,18H,4,10-11H2,1-3H3,(H,19,20). The van der Waals surface area contributed by atoms with Gasteiger partial charge in [0.2, 0.25) is 0 Å². The molecule has 1 saturated heterocycles. The van der Waals surface area contributed by atoms with Crippen molar-refractivity contribution >= 4 is 11.6 Å². The van der Waals surface area contributed by atoms with Crippen LogP contribution in [-0.2, 0) is 9.53 Å². The molecule has 4 nitrogen and oxygen atoms in total. The molecule has 2 rings (SSSR count). The Hall–Kier alpha value is -1.39. The van der Waals surface area contributed by atoms with Gasteiger partial charge in [0.15, 0.2) is 0 Å². The predicted molar refractivity (Wildman–Crippen MR) is 85.3 cm³/mol. The lowest BCUT2D eigenvalue weighted by Gasteiger charge is -2.36. The minimum Gasteiger partial charge on any atom is -0.364 e. The predicted octanol–water partition coefficient (Wildman–Crippen LogP) is 2.95. The van der Waals surface area contributed by atoms with Crippen molar-refractivity contribution in [2.45, 2.75) is 64.3 Å². The first-order valence-electron chi connectivity index (χ1n) is 7.87. The Morgan fingerprint density at radius 2 is 2.10 bits per heavy atom. The van der Waals surface area contributed by atoms with Crippen molar-refractivity contribution in [3.05, 3.63) is 30.3 Å². The highest BCUT2D eigenvalue weighted by Gasteiger charge is 2.30. The summed E-state index contributed by atoms with van der Waals surface area (Å²) in [6.07, 6.45) is 2.79. The van der Waals surface area contributed by atoms with Gasteiger partial charge in [-0.15, -0.1) is 0 Å². The Balaban J connectivity index is 1.88. The molecule has 0 aromatic heterocycles. The fraction of sp³-hybridized carbons (Fsp3) is 0.588. The second-order valence-corrected chi connectivity index (χ2v) is 5.83. The van der Waals surface area contributed by atoms with Gasteiger partial charge in [-0.2, -0.15) is 0 Å². The molecule has 1 heterocycles. The molecule has 1 aromatic carbocycles. The maximum absolute atomic E-state index is 12.2. The zero-order chi connectivity index (χ0) is 15.2. The molecular formula is C17H26N2O2. The van der Waals surface area contributed by atoms with Crippen LogP contribution in [0.2, 0.25) is 0 Å². The normalized spacial score (nSPS) is 27.1. The summed E-state index contributed by atoms with van der Waals surface area (Å²) in [5.41, 5.74) is 0.806. The van der Waals surface area contributed by atoms with Crippen LogP contribution in [0.1, 0.15) is 40.0 Å². The monoisotopic (exact) mass is 290 g/mol. The Kier molecular flexibility index (Phi) is 5.76. The number of hydrogen-bond donors (Lipinski definition) is 2. The Morgan fingerprint density at radius 1 is 1.38 bits per heavy atom. The van der Waals surface area contributed by atoms with Crippen LogP contribution in [0, 0.1) is 0 Å². The zero-order valence-electron chi connectivity index (χ0n) is 13.1. The van der Waals surface area contributed by atoms with E-state index in [4.69, 9.17) is 4.74 Å². The number of rotatable bonds is 5. The maximum atomic E-state index is 12.2. The molecule has 1 aliphatic heterocycles. The van der Waals surface area contributed by atoms with E-state index in [2.05, 4.69) is 24.5 Å². The van der Waals surface area contributed by atoms with Gasteiger partial charge in [0.1, 0.15) is 6.10 Å². The van der Waals surface area contributed by atoms with Gasteiger partial charge in [0.25, 0.3) is 5.91 Å². The fourth-order valence-corrected chi connectivity index (χ4v) is 2.80. The summed E-state index contributed by atoms with van der Waals surface area (Å²) in [5.74, 6) is -0.0883. The summed E-state index contributed by atoms with van der Waals surface area (Å²) in [6, 6.07) is 10.4. The van der Waals surface area contributed by atoms with E-state index >= 15 is 0 Å². The lowest BCUT2D eigenvalue weighted by molar-refractivity contribution is -0.132. The molecule has 1 aromatic rings. The number of nitrogens with one attached hydrogen (secondary N) is 2. The molecule has 1 aliphatic rings. The van der Waals surface area contributed by atoms with Crippen molar-refractivity contribution in [3.8, 4) is 0 Å². The number of para-hydroxylation sites is 1. The van der Waals surface area contributed by atoms with Crippen LogP contribution < -0.4 is 10.6 Å². The van der Waals surface area contributed by atoms with E-state index in [1.165, 1.54) is 0 Å². The first kappa shape index (κ1) is 16.0. The second kappa shape index (κ2) is 7.57. The molecule has 1 fully saturated rings. The SMILES string of the molecule is CCC1NC(C)CCC1OC(C)C(=O)Nc1ccccc1. The van der Waals surface area contributed by atoms with Crippen LogP contribution in [0.4, 0.5) is 5.69 Å². The third kappa shape index (κ3) is 4.55. The molecule has 0 spiro atoms. The first-order valence-corrected chi connectivity index (χ1v) is 7.87. The molecule has 116 valence electrons. The lowest BCUT2D eigenvalue weighted by atomic mass is 9.94. The Labute approximate surface area is 127 Å². The molecule has 0 radical (unpaired) electrons. The molecule has 4 unspecified atom stereocenters. The summed E-state index contributed by atoms with van der Waals surface area (Å²) in [7, 11) is 0. The van der Waals surface area contributed by atoms with Crippen LogP contribution in [0.15, 0.2) is 30.3 Å². The number of carbonyl (C=O) groups excluding carboxylic acids is 1. The number of anilines is 1. The molecule has 0 bridgehead atoms. The summed E-state index contributed by atoms with van der Waals surface area (Å²) in [4.78, 5) is 12.2. The maximum Gasteiger partial charge on any atom is 0.253 e. The van der Waals surface area contributed by atoms with E-state index in [0.717, 1.165) is 24.9 Å². The molecule has 4 heteroatoms. The molecule has 2 N–H and O–H groups in total. The number of amides is 1. The molecule has 0 aliphatic carbocycles. The van der Waals surface area contributed by atoms with E-state index in [-0.39, 0.29) is 12.0 Å². The summed E-state index contributed by atoms with van der Waals surface area (Å²) in [6.45, 7) is 6.17. The minimum atomic E-state index is -0.445. The lowest BCUT2D eigenvalue weighted by Crippen LogP contribution is -2.51. The smallest absolute Gasteiger partial charge is 0.253 e. The minimum absolute atomic E-state index is 0.0883. The second-order valence-electron chi connectivity index (χ2n) is 5.83. The highest BCUT2D eigenvalue weighted by Crippen LogP contribution is 2.20. The number of benzene rings is 1. The largest absolute Gasteiger partial charge is 0.364 e. The van der Waals surface area contributed by atoms with Gasteiger partial charge in [-0.25, -0.2) is 0 Å². The van der Waals surface area contributed by atoms with Crippen LogP contribution in [0.25, 0.3) is 0 Å². The van der Waals surface area contributed by atoms with Crippen molar-refractivity contribution in [3.63, 3.8) is 0 Å². The number of carbonyl (C=O) groups is 1. The van der Waals surface area contributed by atoms with Crippen LogP contribution in [0.5, 0.6) is 0 Å². The Morgan fingerprint density at radius 3 is 2.76 bits per heavy atom. The first-order chi connectivity index (χ1) is 10.1. The van der Waals surface area contributed by atoms with Crippen molar-refractivity contribution in [1.82, 2.24) is 5.32 Å². The number of piperidine rings is 1. The topological polar surface area (TPSA) is 50.4 Å². The van der Waals surface area contributed by atoms with Gasteiger partial charge in [0.05, 0.1) is 6.10 Å². The zero-order valence-corrected chi connectivity index (χ0v) is 13.1. The van der Waals surface area contributed by atoms with Gasteiger partial charge >= 0.3 is 0 Å². The van der Waals surface area contributed by atoms with E-state index in [9.17, 15) is 4.79 Å². The van der Waals surface area contributed by atoms with Gasteiger partial charge in [-0.3, -0.25) is 4.79 Å². The third-order valence-corrected chi connectivity index (χ3v) is 4.06. The van der Waals surface area contributed by atoms with E-state index in [0.29, 0.717) is 12.1 Å². The third-order valence-electron chi connectivity index (χ3n) is 4.06. The van der Waals surface area contributed by atoms with Gasteiger partial charge in [-0.1, -0.05) is 25.1 Å². The fourth-order valence-electron chi connectivity index (χ4n) is 2.80. The van der Waals surface area contributed by atoms with Crippen molar-refractivity contribution in [1.29, 1.82) is 0 Å². The molecule has 21 heavy (non-hydrogen) atoms. The van der Waals surface area contributed by atoms with Crippen LogP contribution in [0.3, 0.4) is 0 Å². The molecule has 0 saturated carbocycles. The molecule has 4 atom stereocenters. The van der Waals surface area contributed by atoms with Crippen LogP contribution in [-0.4, -0.2) is 30.2 Å². The van der Waals surface area contributed by atoms with Crippen molar-refractivity contribution < 1.29 is 9.53 Å². The van der Waals surface area contributed by atoms with Crippen molar-refractivity contribution in [2.75, 3.05) is 5.32 Å². The van der Waals surface area contributed by atoms with E-state index in [1.807, 2.05) is 37.3 Å². The Bertz CT molecular complexity index is 449. The van der Waals surface area contributed by atoms with E-state index < -0.39 is 6.10 Å². The summed E-state index contributed by atoms with van der Waals surface area (Å²) in [5, 5.41) is 6.44. The summed E-state index contributed by atoms with van der Waals surface area (Å²) < 4.78 is 6.00. The van der Waals surface area contributed by atoms with Crippen LogP contribution >= 0.6 is 0 Å². The highest BCUT2D eigenvalue weighted by atomic mass is 16.5. The number of hydrogen-bond acceptors (Lipinski definition) is 3. The quantitative estimate of drug-likeness (QED) is 0.876. The average Bonchev–Trinajstić information content (AvgIpc) is 2.49. The van der Waals surface area contributed by atoms with E-state index in [1.54, 1.807) is 0 Å². The average molecular weight is 290 g/mol. The van der Waals surface area contributed by atoms with Gasteiger partial charge < -0.3 is 15.4 Å². The van der Waals surface area contributed by atoms with Crippen molar-refractivity contribution in [2.24, 2.45) is 0 Å². The molecular weight excluding hydrogens is 264 g/mol. The van der Waals surface area contributed by atoms with Gasteiger partial charge in [0, 0.05) is 17.8 Å². The number of ether oxygens (including phenoxy) is 1. The highest BCUT2D eigenvalue weighted by molar-refractivity contribution is 5.93.